The van der Waals surface area contributed by atoms with Crippen LogP contribution >= 0.6 is 11.6 Å². The number of nitrogens with zero attached hydrogens (tertiary/aromatic N) is 7. The zero-order chi connectivity index (χ0) is 40.8. The first kappa shape index (κ1) is 41.6. The first-order valence-corrected chi connectivity index (χ1v) is 17.5. The Morgan fingerprint density at radius 2 is 1.77 bits per heavy atom. The number of aliphatic imine (C=N–C) groups is 2. The molecule has 0 aliphatic carbocycles. The van der Waals surface area contributed by atoms with Crippen LogP contribution in [0.1, 0.15) is 51.8 Å². The molecule has 2 aliphatic rings. The summed E-state index contributed by atoms with van der Waals surface area (Å²) in [6, 6.07) is 2.64. The lowest BCUT2D eigenvalue weighted by Crippen LogP contribution is -2.56. The van der Waals surface area contributed by atoms with E-state index in [0.29, 0.717) is 49.3 Å². The number of likely N-dealkylation sites (N-methyl/N-ethyl adjacent to an activating group) is 1. The molecule has 3 N–H and O–H groups in total. The average molecular weight is 806 g/mol. The third-order valence-corrected chi connectivity index (χ3v) is 9.34. The molecular weight excluding hydrogens is 769 g/mol. The lowest BCUT2D eigenvalue weighted by atomic mass is 10.00. The van der Waals surface area contributed by atoms with E-state index < -0.39 is 40.3 Å². The van der Waals surface area contributed by atoms with Gasteiger partial charge in [0.25, 0.3) is 5.91 Å². The fourth-order valence-corrected chi connectivity index (χ4v) is 6.02. The number of carbonyl (C=O) groups excluding carboxylic acids is 3. The number of fused-ring (bicyclic) bond motifs is 1. The van der Waals surface area contributed by atoms with Crippen LogP contribution < -0.4 is 10.7 Å². The second-order valence-corrected chi connectivity index (χ2v) is 13.0. The molecule has 0 spiro atoms. The van der Waals surface area contributed by atoms with Crippen LogP contribution in [0.4, 0.5) is 27.6 Å². The molecule has 1 fully saturated rings. The van der Waals surface area contributed by atoms with Crippen molar-refractivity contribution in [2.75, 3.05) is 45.2 Å². The van der Waals surface area contributed by atoms with Gasteiger partial charge in [0.05, 0.1) is 46.6 Å². The third kappa shape index (κ3) is 9.46. The highest BCUT2D eigenvalue weighted by atomic mass is 35.5. The Balaban J connectivity index is 1.37. The largest absolute Gasteiger partial charge is 0.504 e. The van der Waals surface area contributed by atoms with E-state index in [9.17, 15) is 32.7 Å². The van der Waals surface area contributed by atoms with Gasteiger partial charge in [-0.25, -0.2) is 20.0 Å². The van der Waals surface area contributed by atoms with Crippen molar-refractivity contribution in [1.29, 1.82) is 0 Å². The summed E-state index contributed by atoms with van der Waals surface area (Å²) in [5.74, 6) is -2.86. The summed E-state index contributed by atoms with van der Waals surface area (Å²) >= 11 is 5.87. The molecule has 56 heavy (non-hydrogen) atoms. The first-order valence-electron chi connectivity index (χ1n) is 17.1. The number of hydrogen-bond acceptors (Lipinski definition) is 10. The van der Waals surface area contributed by atoms with Gasteiger partial charge in [0.15, 0.2) is 17.7 Å². The van der Waals surface area contributed by atoms with Crippen molar-refractivity contribution >= 4 is 47.6 Å². The summed E-state index contributed by atoms with van der Waals surface area (Å²) in [6.07, 6.45) is -1.06. The van der Waals surface area contributed by atoms with Crippen molar-refractivity contribution in [3.8, 4) is 5.75 Å². The molecule has 1 aromatic heterocycles. The highest BCUT2D eigenvalue weighted by molar-refractivity contribution is 6.33. The van der Waals surface area contributed by atoms with Crippen LogP contribution in [0, 0.1) is 6.92 Å². The maximum Gasteiger partial charge on any atom is 0.416 e. The summed E-state index contributed by atoms with van der Waals surface area (Å²) in [5.41, 5.74) is 3.61. The summed E-state index contributed by atoms with van der Waals surface area (Å²) in [4.78, 5) is 57.9. The second-order valence-electron chi connectivity index (χ2n) is 12.6. The normalized spacial score (nSPS) is 15.8. The Labute approximate surface area is 322 Å². The number of ether oxygens (including phenoxy) is 1. The van der Waals surface area contributed by atoms with Crippen molar-refractivity contribution in [3.63, 3.8) is 0 Å². The monoisotopic (exact) mass is 805 g/mol. The van der Waals surface area contributed by atoms with E-state index in [-0.39, 0.29) is 66.3 Å². The molecule has 2 aromatic carbocycles. The Morgan fingerprint density at radius 3 is 2.43 bits per heavy atom. The van der Waals surface area contributed by atoms with Crippen molar-refractivity contribution in [1.82, 2.24) is 30.2 Å². The number of aromatic hydroxyl groups is 1. The van der Waals surface area contributed by atoms with E-state index in [2.05, 4.69) is 25.4 Å². The number of nitrogens with one attached hydrogen (secondary N) is 2. The fraction of sp³-hybridized carbons (Fsp3) is 0.361. The second kappa shape index (κ2) is 17.5. The molecule has 3 aromatic rings. The maximum atomic E-state index is 15.5. The van der Waals surface area contributed by atoms with Crippen molar-refractivity contribution in [3.05, 3.63) is 92.8 Å². The number of rotatable bonds is 11. The zero-order valence-corrected chi connectivity index (χ0v) is 31.1. The molecule has 20 heteroatoms. The number of amidine groups is 1. The molecule has 298 valence electrons. The van der Waals surface area contributed by atoms with Gasteiger partial charge in [-0.15, -0.1) is 0 Å². The molecule has 0 bridgehead atoms. The molecule has 5 rings (SSSR count). The predicted octanol–water partition coefficient (Wildman–Crippen LogP) is 4.96. The first-order chi connectivity index (χ1) is 26.5. The Morgan fingerprint density at radius 1 is 1.05 bits per heavy atom. The maximum absolute atomic E-state index is 15.5. The number of anilines is 1. The number of amides is 2. The number of alkyl halides is 5. The van der Waals surface area contributed by atoms with Crippen molar-refractivity contribution < 1.29 is 46.2 Å². The molecule has 2 amide bonds. The SMILES string of the molecule is CC/C(N=CN=C(NN(C)C(F)(F)C(=O)Nc1ccc(C(F)(F)F)cc1Cl)c1ccc2c(c1)CCOC2)=C(/C=O)N1CCN(C(=O)c2ncnc(C)c2O)CC1. The van der Waals surface area contributed by atoms with Crippen LogP contribution in [0.15, 0.2) is 64.1 Å². The highest BCUT2D eigenvalue weighted by Crippen LogP contribution is 2.34. The minimum absolute atomic E-state index is 0.127. The van der Waals surface area contributed by atoms with Gasteiger partial charge in [0, 0.05) is 38.8 Å². The van der Waals surface area contributed by atoms with E-state index in [1.54, 1.807) is 36.9 Å². The molecule has 3 heterocycles. The van der Waals surface area contributed by atoms with E-state index in [4.69, 9.17) is 16.3 Å². The van der Waals surface area contributed by atoms with E-state index in [0.717, 1.165) is 30.6 Å². The van der Waals surface area contributed by atoms with Crippen LogP contribution in [-0.2, 0) is 33.5 Å². The van der Waals surface area contributed by atoms with Crippen LogP contribution in [-0.4, -0.2) is 106 Å². The zero-order valence-electron chi connectivity index (χ0n) is 30.3. The molecule has 0 radical (unpaired) electrons. The number of hydrazine groups is 1. The molecule has 2 aliphatic heterocycles. The summed E-state index contributed by atoms with van der Waals surface area (Å²) in [5, 5.41) is 11.7. The van der Waals surface area contributed by atoms with Crippen molar-refractivity contribution in [2.45, 2.75) is 45.5 Å². The number of hydrogen-bond donors (Lipinski definition) is 3. The molecular formula is C36H37ClF5N9O5. The molecule has 1 saturated heterocycles. The van der Waals surface area contributed by atoms with Gasteiger partial charge in [-0.3, -0.25) is 19.8 Å². The number of allylic oxidation sites excluding steroid dienone is 2. The molecule has 0 unspecified atom stereocenters. The number of aldehydes is 1. The number of aromatic nitrogens is 2. The minimum Gasteiger partial charge on any atom is -0.504 e. The van der Waals surface area contributed by atoms with E-state index >= 15 is 8.78 Å². The van der Waals surface area contributed by atoms with Gasteiger partial charge in [0.1, 0.15) is 18.5 Å². The minimum atomic E-state index is -4.74. The smallest absolute Gasteiger partial charge is 0.416 e. The lowest BCUT2D eigenvalue weighted by molar-refractivity contribution is -0.173. The Kier molecular flexibility index (Phi) is 13.0. The molecule has 0 atom stereocenters. The van der Waals surface area contributed by atoms with Gasteiger partial charge in [-0.05, 0) is 55.2 Å². The van der Waals surface area contributed by atoms with Gasteiger partial charge >= 0.3 is 18.1 Å². The van der Waals surface area contributed by atoms with Gasteiger partial charge in [-0.1, -0.05) is 30.7 Å². The topological polar surface area (TPSA) is 165 Å². The van der Waals surface area contributed by atoms with Crippen LogP contribution in [0.3, 0.4) is 0 Å². The standard InChI is InChI=1S/C36H37ClF5N9O5/c1-4-27(29(17-52)50-10-12-51(13-11-50)33(54)30-31(53)21(2)43-19-45-30)44-20-46-32(23-5-6-24-18-56-14-9-22(24)15-23)48-49(3)36(41,42)34(55)47-28-8-7-25(16-26(28)37)35(38,39)40/h5-8,15-17,19-20,53H,4,9-14,18H2,1-3H3,(H,47,55)(H,44,46,48)/b29-27+. The number of benzene rings is 2. The number of aryl methyl sites for hydroxylation is 1. The number of carbonyl (C=O) groups is 3. The molecule has 14 nitrogen and oxygen atoms in total. The van der Waals surface area contributed by atoms with Crippen LogP contribution in [0.2, 0.25) is 5.02 Å². The average Bonchev–Trinajstić information content (AvgIpc) is 3.18. The number of halogens is 6. The fourth-order valence-electron chi connectivity index (χ4n) is 5.79. The van der Waals surface area contributed by atoms with Gasteiger partial charge in [-0.2, -0.15) is 27.0 Å². The highest BCUT2D eigenvalue weighted by Gasteiger charge is 2.45. The van der Waals surface area contributed by atoms with Crippen LogP contribution in [0.5, 0.6) is 5.75 Å². The van der Waals surface area contributed by atoms with Crippen molar-refractivity contribution in [2.24, 2.45) is 9.98 Å². The molecule has 0 saturated carbocycles. The predicted molar refractivity (Wildman–Crippen MR) is 195 cm³/mol. The lowest BCUT2D eigenvalue weighted by Gasteiger charge is -2.36. The Hall–Kier alpha value is -5.53. The Bertz CT molecular complexity index is 2070. The summed E-state index contributed by atoms with van der Waals surface area (Å²) in [7, 11) is 0.867. The number of piperazine rings is 1. The summed E-state index contributed by atoms with van der Waals surface area (Å²) in [6.45, 7) is 4.99. The van der Waals surface area contributed by atoms with Crippen LogP contribution in [0.25, 0.3) is 0 Å². The van der Waals surface area contributed by atoms with Gasteiger partial charge < -0.3 is 25.0 Å². The third-order valence-electron chi connectivity index (χ3n) is 9.02. The van der Waals surface area contributed by atoms with E-state index in [1.165, 1.54) is 11.2 Å². The summed E-state index contributed by atoms with van der Waals surface area (Å²) < 4.78 is 75.8. The van der Waals surface area contributed by atoms with Gasteiger partial charge in [0.2, 0.25) is 0 Å². The van der Waals surface area contributed by atoms with E-state index in [1.807, 2.05) is 5.32 Å². The quantitative estimate of drug-likeness (QED) is 0.0459.